The molecule has 7 nitrogen and oxygen atoms in total. The van der Waals surface area contributed by atoms with E-state index in [1.807, 2.05) is 63.2 Å². The minimum Gasteiger partial charge on any atom is -0.456 e. The Labute approximate surface area is 227 Å². The molecule has 0 radical (unpaired) electrons. The number of nitrogens with zero attached hydrogens (tertiary/aromatic N) is 3. The fraction of sp³-hybridized carbons (Fsp3) is 0.357. The number of carbonyl (C=O) groups is 1. The van der Waals surface area contributed by atoms with Gasteiger partial charge in [-0.25, -0.2) is 9.78 Å². The second-order valence-electron chi connectivity index (χ2n) is 9.87. The lowest BCUT2D eigenvalue weighted by Crippen LogP contribution is -2.50. The van der Waals surface area contributed by atoms with Gasteiger partial charge < -0.3 is 24.0 Å². The van der Waals surface area contributed by atoms with Gasteiger partial charge in [0.25, 0.3) is 0 Å². The van der Waals surface area contributed by atoms with Gasteiger partial charge in [-0.2, -0.15) is 0 Å². The second-order valence-corrected chi connectivity index (χ2v) is 10.7. The maximum atomic E-state index is 12.3. The van der Waals surface area contributed by atoms with E-state index in [9.17, 15) is 4.79 Å². The molecule has 1 aliphatic rings. The standard InChI is InChI=1S/C28H31Cl2N3O4/c1-28(2,3)37-27(34)33-9-7-32(8-10-33)26-6-5-24(17-31-26)36-25-12-19(18-35-4)11-20(15-25)21-13-22(29)16-23(30)14-21/h5-6,11-17H,7-10,18H2,1-4H3. The average Bonchev–Trinajstić information content (AvgIpc) is 2.83. The second kappa shape index (κ2) is 11.6. The molecule has 37 heavy (non-hydrogen) atoms. The number of hydrogen-bond donors (Lipinski definition) is 0. The zero-order valence-corrected chi connectivity index (χ0v) is 23.0. The lowest BCUT2D eigenvalue weighted by molar-refractivity contribution is 0.0240. The van der Waals surface area contributed by atoms with Crippen LogP contribution in [0.2, 0.25) is 10.0 Å². The topological polar surface area (TPSA) is 64.1 Å². The van der Waals surface area contributed by atoms with Crippen LogP contribution in [0.15, 0.2) is 54.7 Å². The number of ether oxygens (including phenoxy) is 3. The molecule has 0 N–H and O–H groups in total. The Morgan fingerprint density at radius 3 is 2.19 bits per heavy atom. The quantitative estimate of drug-likeness (QED) is 0.331. The number of amides is 1. The van der Waals surface area contributed by atoms with Gasteiger partial charge in [-0.05, 0) is 86.0 Å². The molecular formula is C28H31Cl2N3O4. The summed E-state index contributed by atoms with van der Waals surface area (Å²) in [6.45, 7) is 8.57. The summed E-state index contributed by atoms with van der Waals surface area (Å²) in [6, 6.07) is 15.1. The third-order valence-corrected chi connectivity index (χ3v) is 6.12. The molecule has 2 aromatic carbocycles. The fourth-order valence-corrected chi connectivity index (χ4v) is 4.58. The summed E-state index contributed by atoms with van der Waals surface area (Å²) >= 11 is 12.4. The molecule has 1 fully saturated rings. The van der Waals surface area contributed by atoms with Crippen LogP contribution >= 0.6 is 23.2 Å². The summed E-state index contributed by atoms with van der Waals surface area (Å²) < 4.78 is 17.0. The third-order valence-electron chi connectivity index (χ3n) is 5.68. The first-order valence-electron chi connectivity index (χ1n) is 12.1. The highest BCUT2D eigenvalue weighted by Gasteiger charge is 2.26. The predicted molar refractivity (Wildman–Crippen MR) is 147 cm³/mol. The van der Waals surface area contributed by atoms with Crippen molar-refractivity contribution in [2.24, 2.45) is 0 Å². The number of rotatable bonds is 6. The minimum atomic E-state index is -0.503. The van der Waals surface area contributed by atoms with Crippen molar-refractivity contribution < 1.29 is 19.0 Å². The summed E-state index contributed by atoms with van der Waals surface area (Å²) in [4.78, 5) is 20.8. The van der Waals surface area contributed by atoms with Crippen molar-refractivity contribution in [2.75, 3.05) is 38.2 Å². The zero-order chi connectivity index (χ0) is 26.6. The summed E-state index contributed by atoms with van der Waals surface area (Å²) in [5.41, 5.74) is 2.26. The number of halogens is 2. The molecule has 2 heterocycles. The third kappa shape index (κ3) is 7.51. The van der Waals surface area contributed by atoms with Crippen molar-refractivity contribution in [1.29, 1.82) is 0 Å². The Hall–Kier alpha value is -3.00. The van der Waals surface area contributed by atoms with Crippen LogP contribution in [0.4, 0.5) is 10.6 Å². The molecule has 3 aromatic rings. The monoisotopic (exact) mass is 543 g/mol. The van der Waals surface area contributed by atoms with Crippen LogP contribution in [0.5, 0.6) is 11.5 Å². The Kier molecular flexibility index (Phi) is 8.47. The Morgan fingerprint density at radius 1 is 0.919 bits per heavy atom. The zero-order valence-electron chi connectivity index (χ0n) is 21.5. The molecule has 1 saturated heterocycles. The number of piperazine rings is 1. The maximum absolute atomic E-state index is 12.3. The normalized spacial score (nSPS) is 14.0. The molecule has 0 aliphatic carbocycles. The van der Waals surface area contributed by atoms with E-state index in [4.69, 9.17) is 37.4 Å². The van der Waals surface area contributed by atoms with E-state index in [1.165, 1.54) is 0 Å². The molecule has 4 rings (SSSR count). The van der Waals surface area contributed by atoms with Crippen molar-refractivity contribution in [1.82, 2.24) is 9.88 Å². The van der Waals surface area contributed by atoms with Crippen LogP contribution in [0.3, 0.4) is 0 Å². The molecular weight excluding hydrogens is 513 g/mol. The number of hydrogen-bond acceptors (Lipinski definition) is 6. The number of carbonyl (C=O) groups excluding carboxylic acids is 1. The highest BCUT2D eigenvalue weighted by Crippen LogP contribution is 2.33. The van der Waals surface area contributed by atoms with Crippen molar-refractivity contribution in [2.45, 2.75) is 33.0 Å². The van der Waals surface area contributed by atoms with Gasteiger partial charge >= 0.3 is 6.09 Å². The summed E-state index contributed by atoms with van der Waals surface area (Å²) in [5.74, 6) is 2.10. The van der Waals surface area contributed by atoms with E-state index in [0.29, 0.717) is 54.3 Å². The molecule has 0 saturated carbocycles. The Balaban J connectivity index is 1.44. The SMILES string of the molecule is COCc1cc(Oc2ccc(N3CCN(C(=O)OC(C)(C)C)CC3)nc2)cc(-c2cc(Cl)cc(Cl)c2)c1. The first-order chi connectivity index (χ1) is 17.6. The van der Waals surface area contributed by atoms with Crippen LogP contribution in [0, 0.1) is 0 Å². The smallest absolute Gasteiger partial charge is 0.410 e. The molecule has 9 heteroatoms. The molecule has 0 bridgehead atoms. The van der Waals surface area contributed by atoms with E-state index in [0.717, 1.165) is 22.5 Å². The number of methoxy groups -OCH3 is 1. The number of aromatic nitrogens is 1. The van der Waals surface area contributed by atoms with Gasteiger partial charge in [0.1, 0.15) is 22.9 Å². The minimum absolute atomic E-state index is 0.279. The highest BCUT2D eigenvalue weighted by atomic mass is 35.5. The van der Waals surface area contributed by atoms with E-state index < -0.39 is 5.60 Å². The van der Waals surface area contributed by atoms with Crippen LogP contribution in [-0.2, 0) is 16.1 Å². The molecule has 0 spiro atoms. The summed E-state index contributed by atoms with van der Waals surface area (Å²) in [6.07, 6.45) is 1.42. The van der Waals surface area contributed by atoms with E-state index in [2.05, 4.69) is 9.88 Å². The first kappa shape index (κ1) is 27.0. The lowest BCUT2D eigenvalue weighted by Gasteiger charge is -2.36. The van der Waals surface area contributed by atoms with Gasteiger partial charge in [-0.1, -0.05) is 23.2 Å². The van der Waals surface area contributed by atoms with Gasteiger partial charge in [0, 0.05) is 43.3 Å². The van der Waals surface area contributed by atoms with Crippen molar-refractivity contribution >= 4 is 35.1 Å². The number of benzene rings is 2. The first-order valence-corrected chi connectivity index (χ1v) is 12.8. The van der Waals surface area contributed by atoms with Gasteiger partial charge in [0.2, 0.25) is 0 Å². The van der Waals surface area contributed by atoms with Crippen LogP contribution in [-0.4, -0.2) is 54.9 Å². The van der Waals surface area contributed by atoms with Gasteiger partial charge in [-0.3, -0.25) is 0 Å². The molecule has 1 aromatic heterocycles. The van der Waals surface area contributed by atoms with Gasteiger partial charge in [0.15, 0.2) is 0 Å². The Morgan fingerprint density at radius 2 is 1.59 bits per heavy atom. The molecule has 1 aliphatic heterocycles. The van der Waals surface area contributed by atoms with Crippen LogP contribution in [0.1, 0.15) is 26.3 Å². The molecule has 0 atom stereocenters. The lowest BCUT2D eigenvalue weighted by atomic mass is 10.0. The van der Waals surface area contributed by atoms with Crippen LogP contribution < -0.4 is 9.64 Å². The van der Waals surface area contributed by atoms with Gasteiger partial charge in [-0.15, -0.1) is 0 Å². The predicted octanol–water partition coefficient (Wildman–Crippen LogP) is 7.05. The van der Waals surface area contributed by atoms with Crippen molar-refractivity contribution in [3.8, 4) is 22.6 Å². The fourth-order valence-electron chi connectivity index (χ4n) is 4.06. The average molecular weight is 544 g/mol. The van der Waals surface area contributed by atoms with Crippen LogP contribution in [0.25, 0.3) is 11.1 Å². The van der Waals surface area contributed by atoms with E-state index >= 15 is 0 Å². The van der Waals surface area contributed by atoms with E-state index in [1.54, 1.807) is 24.3 Å². The van der Waals surface area contributed by atoms with E-state index in [-0.39, 0.29) is 6.09 Å². The summed E-state index contributed by atoms with van der Waals surface area (Å²) in [7, 11) is 1.65. The maximum Gasteiger partial charge on any atom is 0.410 e. The molecule has 196 valence electrons. The number of pyridine rings is 1. The van der Waals surface area contributed by atoms with Crippen molar-refractivity contribution in [3.05, 3.63) is 70.3 Å². The van der Waals surface area contributed by atoms with Crippen molar-refractivity contribution in [3.63, 3.8) is 0 Å². The molecule has 1 amide bonds. The largest absolute Gasteiger partial charge is 0.456 e. The van der Waals surface area contributed by atoms with Gasteiger partial charge in [0.05, 0.1) is 12.8 Å². The Bertz CT molecular complexity index is 1220. The highest BCUT2D eigenvalue weighted by molar-refractivity contribution is 6.35. The number of anilines is 1. The molecule has 0 unspecified atom stereocenters. The summed E-state index contributed by atoms with van der Waals surface area (Å²) in [5, 5.41) is 1.13.